The third-order valence-electron chi connectivity index (χ3n) is 3.70. The Balaban J connectivity index is 1.69. The molecule has 3 rings (SSSR count). The average molecular weight is 389 g/mol. The molecule has 1 heterocycles. The van der Waals surface area contributed by atoms with Gasteiger partial charge in [0.2, 0.25) is 5.88 Å². The highest BCUT2D eigenvalue weighted by Gasteiger charge is 2.16. The number of hydrogen-bond donors (Lipinski definition) is 1. The Hall–Kier alpha value is -3.19. The number of anilines is 1. The molecule has 0 bridgehead atoms. The topological polar surface area (TPSA) is 82.8 Å². The van der Waals surface area contributed by atoms with Gasteiger partial charge in [-0.05, 0) is 42.0 Å². The lowest BCUT2D eigenvalue weighted by molar-refractivity contribution is -0.118. The molecule has 140 valence electrons. The lowest BCUT2D eigenvalue weighted by Crippen LogP contribution is -2.20. The molecule has 0 spiro atoms. The maximum atomic E-state index is 12.2. The van der Waals surface area contributed by atoms with Crippen molar-refractivity contribution < 1.29 is 23.5 Å². The number of aromatic nitrogens is 1. The molecule has 3 aromatic rings. The number of rotatable bonds is 7. The van der Waals surface area contributed by atoms with Crippen LogP contribution in [0.15, 0.2) is 53.2 Å². The van der Waals surface area contributed by atoms with Crippen LogP contribution in [-0.4, -0.2) is 31.9 Å². The van der Waals surface area contributed by atoms with Gasteiger partial charge < -0.3 is 18.7 Å². The second kappa shape index (κ2) is 8.46. The summed E-state index contributed by atoms with van der Waals surface area (Å²) >= 11 is 5.81. The van der Waals surface area contributed by atoms with Crippen molar-refractivity contribution in [2.45, 2.75) is 0 Å². The summed E-state index contributed by atoms with van der Waals surface area (Å²) in [5, 5.41) is 7.00. The number of methoxy groups -OCH3 is 2. The quantitative estimate of drug-likeness (QED) is 0.658. The largest absolute Gasteiger partial charge is 0.493 e. The van der Waals surface area contributed by atoms with Crippen molar-refractivity contribution in [2.24, 2.45) is 0 Å². The highest BCUT2D eigenvalue weighted by atomic mass is 35.5. The Morgan fingerprint density at radius 3 is 2.56 bits per heavy atom. The lowest BCUT2D eigenvalue weighted by atomic mass is 10.1. The molecular formula is C19H17ClN2O5. The first-order valence-electron chi connectivity index (χ1n) is 7.96. The summed E-state index contributed by atoms with van der Waals surface area (Å²) in [6.45, 7) is -0.187. The summed E-state index contributed by atoms with van der Waals surface area (Å²) in [6, 6.07) is 12.1. The number of ether oxygens (including phenoxy) is 3. The van der Waals surface area contributed by atoms with E-state index in [0.29, 0.717) is 27.8 Å². The number of carbonyl (C=O) groups is 1. The average Bonchev–Trinajstić information content (AvgIpc) is 3.15. The normalized spacial score (nSPS) is 10.3. The molecule has 0 radical (unpaired) electrons. The molecule has 0 aliphatic carbocycles. The van der Waals surface area contributed by atoms with Crippen molar-refractivity contribution in [3.63, 3.8) is 0 Å². The summed E-state index contributed by atoms with van der Waals surface area (Å²) in [5.41, 5.74) is 1.36. The van der Waals surface area contributed by atoms with Gasteiger partial charge in [0, 0.05) is 5.02 Å². The third-order valence-corrected chi connectivity index (χ3v) is 3.95. The standard InChI is InChI=1S/C19H17ClN2O5/c1-24-16-8-3-12(9-17(16)25-2)15-10-21-27-19(15)22-18(23)11-26-14-6-4-13(20)5-7-14/h3-10H,11H2,1-2H3,(H,22,23). The van der Waals surface area contributed by atoms with E-state index in [4.69, 9.17) is 30.3 Å². The smallest absolute Gasteiger partial charge is 0.264 e. The van der Waals surface area contributed by atoms with Gasteiger partial charge >= 0.3 is 0 Å². The van der Waals surface area contributed by atoms with Crippen LogP contribution in [0.4, 0.5) is 5.88 Å². The molecular weight excluding hydrogens is 372 g/mol. The zero-order valence-corrected chi connectivity index (χ0v) is 15.4. The van der Waals surface area contributed by atoms with Crippen molar-refractivity contribution >= 4 is 23.4 Å². The molecule has 8 heteroatoms. The molecule has 0 saturated heterocycles. The van der Waals surface area contributed by atoms with Gasteiger partial charge in [-0.1, -0.05) is 22.8 Å². The van der Waals surface area contributed by atoms with Gasteiger partial charge in [0.15, 0.2) is 18.1 Å². The van der Waals surface area contributed by atoms with Crippen LogP contribution >= 0.6 is 11.6 Å². The summed E-state index contributed by atoms with van der Waals surface area (Å²) in [7, 11) is 3.11. The van der Waals surface area contributed by atoms with Crippen LogP contribution in [0.5, 0.6) is 17.2 Å². The van der Waals surface area contributed by atoms with E-state index in [-0.39, 0.29) is 18.4 Å². The maximum Gasteiger partial charge on any atom is 0.264 e. The number of nitrogens with one attached hydrogen (secondary N) is 1. The Morgan fingerprint density at radius 2 is 1.85 bits per heavy atom. The van der Waals surface area contributed by atoms with Gasteiger partial charge in [-0.25, -0.2) is 0 Å². The van der Waals surface area contributed by atoms with Crippen LogP contribution in [0.25, 0.3) is 11.1 Å². The zero-order valence-electron chi connectivity index (χ0n) is 14.7. The fourth-order valence-corrected chi connectivity index (χ4v) is 2.51. The minimum atomic E-state index is -0.386. The van der Waals surface area contributed by atoms with Gasteiger partial charge in [-0.3, -0.25) is 10.1 Å². The number of nitrogens with zero attached hydrogens (tertiary/aromatic N) is 1. The van der Waals surface area contributed by atoms with Crippen molar-refractivity contribution in [2.75, 3.05) is 26.1 Å². The molecule has 0 atom stereocenters. The minimum Gasteiger partial charge on any atom is -0.493 e. The summed E-state index contributed by atoms with van der Waals surface area (Å²) in [5.74, 6) is 1.52. The van der Waals surface area contributed by atoms with Crippen LogP contribution in [-0.2, 0) is 4.79 Å². The van der Waals surface area contributed by atoms with Crippen molar-refractivity contribution in [3.8, 4) is 28.4 Å². The Morgan fingerprint density at radius 1 is 1.11 bits per heavy atom. The monoisotopic (exact) mass is 388 g/mol. The zero-order chi connectivity index (χ0) is 19.2. The van der Waals surface area contributed by atoms with E-state index in [0.717, 1.165) is 5.56 Å². The second-order valence-electron chi connectivity index (χ2n) is 5.43. The Labute approximate surface area is 160 Å². The maximum absolute atomic E-state index is 12.2. The Bertz CT molecular complexity index is 924. The van der Waals surface area contributed by atoms with Crippen LogP contribution in [0, 0.1) is 0 Å². The molecule has 1 amide bonds. The van der Waals surface area contributed by atoms with E-state index < -0.39 is 0 Å². The number of benzene rings is 2. The fourth-order valence-electron chi connectivity index (χ4n) is 2.38. The molecule has 0 aliphatic rings. The van der Waals surface area contributed by atoms with E-state index in [2.05, 4.69) is 10.5 Å². The van der Waals surface area contributed by atoms with E-state index in [1.807, 2.05) is 6.07 Å². The second-order valence-corrected chi connectivity index (χ2v) is 5.87. The van der Waals surface area contributed by atoms with E-state index in [9.17, 15) is 4.79 Å². The SMILES string of the molecule is COc1ccc(-c2cnoc2NC(=O)COc2ccc(Cl)cc2)cc1OC. The first-order chi connectivity index (χ1) is 13.1. The summed E-state index contributed by atoms with van der Waals surface area (Å²) < 4.78 is 21.1. The van der Waals surface area contributed by atoms with Gasteiger partial charge in [0.1, 0.15) is 5.75 Å². The third kappa shape index (κ3) is 4.51. The van der Waals surface area contributed by atoms with E-state index in [1.54, 1.807) is 50.6 Å². The fraction of sp³-hybridized carbons (Fsp3) is 0.158. The molecule has 0 saturated carbocycles. The van der Waals surface area contributed by atoms with Crippen LogP contribution in [0.1, 0.15) is 0 Å². The molecule has 0 unspecified atom stereocenters. The van der Waals surface area contributed by atoms with E-state index in [1.165, 1.54) is 6.20 Å². The Kier molecular flexibility index (Phi) is 5.83. The van der Waals surface area contributed by atoms with Gasteiger partial charge in [-0.2, -0.15) is 0 Å². The highest BCUT2D eigenvalue weighted by molar-refractivity contribution is 6.30. The minimum absolute atomic E-state index is 0.187. The first kappa shape index (κ1) is 18.6. The van der Waals surface area contributed by atoms with Gasteiger partial charge in [0.05, 0.1) is 26.0 Å². The van der Waals surface area contributed by atoms with E-state index >= 15 is 0 Å². The molecule has 0 aliphatic heterocycles. The lowest BCUT2D eigenvalue weighted by Gasteiger charge is -2.10. The van der Waals surface area contributed by atoms with Crippen LogP contribution in [0.3, 0.4) is 0 Å². The number of hydrogen-bond acceptors (Lipinski definition) is 6. The number of halogens is 1. The highest BCUT2D eigenvalue weighted by Crippen LogP contribution is 2.35. The molecule has 27 heavy (non-hydrogen) atoms. The van der Waals surface area contributed by atoms with Crippen LogP contribution in [0.2, 0.25) is 5.02 Å². The first-order valence-corrected chi connectivity index (χ1v) is 8.34. The van der Waals surface area contributed by atoms with Gasteiger partial charge in [0.25, 0.3) is 5.91 Å². The molecule has 1 N–H and O–H groups in total. The van der Waals surface area contributed by atoms with Crippen molar-refractivity contribution in [3.05, 3.63) is 53.7 Å². The number of amides is 1. The van der Waals surface area contributed by atoms with Gasteiger partial charge in [-0.15, -0.1) is 0 Å². The van der Waals surface area contributed by atoms with Crippen molar-refractivity contribution in [1.82, 2.24) is 5.16 Å². The van der Waals surface area contributed by atoms with Crippen LogP contribution < -0.4 is 19.5 Å². The summed E-state index contributed by atoms with van der Waals surface area (Å²) in [6.07, 6.45) is 1.51. The van der Waals surface area contributed by atoms with Crippen molar-refractivity contribution in [1.29, 1.82) is 0 Å². The molecule has 2 aromatic carbocycles. The predicted molar refractivity (Wildman–Crippen MR) is 101 cm³/mol. The predicted octanol–water partition coefficient (Wildman–Crippen LogP) is 4.03. The summed E-state index contributed by atoms with van der Waals surface area (Å²) in [4.78, 5) is 12.2. The molecule has 7 nitrogen and oxygen atoms in total. The molecule has 1 aromatic heterocycles. The number of carbonyl (C=O) groups excluding carboxylic acids is 1. The molecule has 0 fully saturated rings.